The van der Waals surface area contributed by atoms with Gasteiger partial charge >= 0.3 is 6.18 Å². The van der Waals surface area contributed by atoms with Gasteiger partial charge in [-0.15, -0.1) is 0 Å². The first kappa shape index (κ1) is 21.3. The second-order valence-electron chi connectivity index (χ2n) is 9.32. The quantitative estimate of drug-likeness (QED) is 0.665. The van der Waals surface area contributed by atoms with Crippen LogP contribution in [0, 0.1) is 12.3 Å². The molecule has 1 saturated carbocycles. The number of aliphatic hydroxyl groups excluding tert-OH is 2. The molecular weight excluding hydrogens is 391 g/mol. The molecule has 2 aliphatic rings. The van der Waals surface area contributed by atoms with Crippen LogP contribution in [-0.2, 0) is 12.6 Å². The number of nitrogens with zero attached hydrogens (tertiary/aromatic N) is 1. The molecular formula is C24H28F3NO2. The topological polar surface area (TPSA) is 53.4 Å². The van der Waals surface area contributed by atoms with Crippen molar-refractivity contribution in [1.82, 2.24) is 4.98 Å². The van der Waals surface area contributed by atoms with Crippen molar-refractivity contribution in [1.29, 1.82) is 0 Å². The van der Waals surface area contributed by atoms with Crippen LogP contribution in [0.2, 0.25) is 0 Å². The van der Waals surface area contributed by atoms with Crippen molar-refractivity contribution in [3.8, 4) is 0 Å². The second kappa shape index (κ2) is 7.34. The van der Waals surface area contributed by atoms with Crippen molar-refractivity contribution >= 4 is 0 Å². The summed E-state index contributed by atoms with van der Waals surface area (Å²) >= 11 is 0. The number of alkyl halides is 3. The summed E-state index contributed by atoms with van der Waals surface area (Å²) in [5.41, 5.74) is 3.65. The highest BCUT2D eigenvalue weighted by atomic mass is 19.4. The Morgan fingerprint density at radius 2 is 1.77 bits per heavy atom. The van der Waals surface area contributed by atoms with Gasteiger partial charge in [-0.2, -0.15) is 13.2 Å². The van der Waals surface area contributed by atoms with Crippen LogP contribution in [0.4, 0.5) is 13.2 Å². The minimum absolute atomic E-state index is 0.0320. The van der Waals surface area contributed by atoms with Crippen molar-refractivity contribution < 1.29 is 23.4 Å². The van der Waals surface area contributed by atoms with Crippen LogP contribution < -0.4 is 0 Å². The molecule has 1 aromatic heterocycles. The molecule has 162 valence electrons. The first-order valence-corrected chi connectivity index (χ1v) is 10.6. The third kappa shape index (κ3) is 3.54. The molecule has 0 bridgehead atoms. The van der Waals surface area contributed by atoms with E-state index in [1.807, 2.05) is 20.8 Å². The van der Waals surface area contributed by atoms with Gasteiger partial charge in [-0.25, -0.2) is 0 Å². The van der Waals surface area contributed by atoms with E-state index in [4.69, 9.17) is 4.98 Å². The Kier molecular flexibility index (Phi) is 5.22. The summed E-state index contributed by atoms with van der Waals surface area (Å²) in [6.07, 6.45) is -1.19. The maximum Gasteiger partial charge on any atom is 0.416 e. The SMILES string of the molecule is Cc1c2c(nc(C(C)C)c1[C@H](O)c1ccc(C(F)(F)F)cc1)CC1(CCC1)CC2O. The summed E-state index contributed by atoms with van der Waals surface area (Å²) in [6.45, 7) is 5.88. The van der Waals surface area contributed by atoms with E-state index in [-0.39, 0.29) is 11.3 Å². The van der Waals surface area contributed by atoms with E-state index < -0.39 is 23.9 Å². The number of aliphatic hydroxyl groups is 2. The number of fused-ring (bicyclic) bond motifs is 1. The summed E-state index contributed by atoms with van der Waals surface area (Å²) in [6, 6.07) is 4.61. The minimum atomic E-state index is -4.42. The number of aromatic nitrogens is 1. The van der Waals surface area contributed by atoms with Crippen LogP contribution >= 0.6 is 0 Å². The van der Waals surface area contributed by atoms with Gasteiger partial charge in [0.2, 0.25) is 0 Å². The van der Waals surface area contributed by atoms with Crippen LogP contribution in [0.1, 0.15) is 96.9 Å². The highest BCUT2D eigenvalue weighted by Gasteiger charge is 2.45. The van der Waals surface area contributed by atoms with Gasteiger partial charge in [-0.05, 0) is 67.2 Å². The Balaban J connectivity index is 1.78. The Labute approximate surface area is 175 Å². The molecule has 0 radical (unpaired) electrons. The summed E-state index contributed by atoms with van der Waals surface area (Å²) < 4.78 is 38.7. The van der Waals surface area contributed by atoms with Gasteiger partial charge in [-0.3, -0.25) is 4.98 Å². The molecule has 30 heavy (non-hydrogen) atoms. The normalized spacial score (nSPS) is 21.4. The molecule has 3 nitrogen and oxygen atoms in total. The lowest BCUT2D eigenvalue weighted by Gasteiger charge is -2.47. The van der Waals surface area contributed by atoms with Gasteiger partial charge < -0.3 is 10.2 Å². The molecule has 4 rings (SSSR count). The summed E-state index contributed by atoms with van der Waals surface area (Å²) in [4.78, 5) is 4.90. The number of pyridine rings is 1. The molecule has 0 aliphatic heterocycles. The Bertz CT molecular complexity index is 946. The molecule has 2 atom stereocenters. The van der Waals surface area contributed by atoms with Crippen LogP contribution in [0.3, 0.4) is 0 Å². The number of hydrogen-bond acceptors (Lipinski definition) is 3. The summed E-state index contributed by atoms with van der Waals surface area (Å²) in [5, 5.41) is 22.1. The second-order valence-corrected chi connectivity index (χ2v) is 9.32. The Hall–Kier alpha value is -1.92. The molecule has 2 aromatic rings. The van der Waals surface area contributed by atoms with Gasteiger partial charge in [0.05, 0.1) is 11.7 Å². The van der Waals surface area contributed by atoms with Crippen LogP contribution in [0.5, 0.6) is 0 Å². The Morgan fingerprint density at radius 3 is 2.27 bits per heavy atom. The first-order valence-electron chi connectivity index (χ1n) is 10.6. The molecule has 0 amide bonds. The smallest absolute Gasteiger partial charge is 0.388 e. The molecule has 2 aliphatic carbocycles. The minimum Gasteiger partial charge on any atom is -0.388 e. The van der Waals surface area contributed by atoms with Gasteiger partial charge in [0, 0.05) is 22.5 Å². The largest absolute Gasteiger partial charge is 0.416 e. The van der Waals surface area contributed by atoms with Crippen molar-refractivity contribution in [2.75, 3.05) is 0 Å². The fraction of sp³-hybridized carbons (Fsp3) is 0.542. The molecule has 6 heteroatoms. The molecule has 1 fully saturated rings. The van der Waals surface area contributed by atoms with Gasteiger partial charge in [0.1, 0.15) is 6.10 Å². The molecule has 2 N–H and O–H groups in total. The van der Waals surface area contributed by atoms with Gasteiger partial charge in [0.15, 0.2) is 0 Å². The number of halogens is 3. The number of hydrogen-bond donors (Lipinski definition) is 2. The first-order chi connectivity index (χ1) is 14.0. The van der Waals surface area contributed by atoms with E-state index in [9.17, 15) is 23.4 Å². The molecule has 1 aromatic carbocycles. The van der Waals surface area contributed by atoms with E-state index in [0.29, 0.717) is 17.5 Å². The maximum atomic E-state index is 12.9. The van der Waals surface area contributed by atoms with Crippen LogP contribution in [0.15, 0.2) is 24.3 Å². The van der Waals surface area contributed by atoms with E-state index >= 15 is 0 Å². The van der Waals surface area contributed by atoms with E-state index in [2.05, 4.69) is 0 Å². The predicted octanol–water partition coefficient (Wildman–Crippen LogP) is 5.76. The average Bonchev–Trinajstić information content (AvgIpc) is 2.64. The standard InChI is InChI=1S/C24H28F3NO2/c1-13(2)21-20(22(30)15-5-7-16(8-6-15)24(25,26)27)14(3)19-17(28-21)11-23(9-4-10-23)12-18(19)29/h5-8,13,18,22,29-30H,4,9-12H2,1-3H3/t18?,22-/m1/s1. The highest BCUT2D eigenvalue weighted by Crippen LogP contribution is 2.54. The third-order valence-corrected chi connectivity index (χ3v) is 6.94. The fourth-order valence-electron chi connectivity index (χ4n) is 5.20. The zero-order chi connectivity index (χ0) is 21.8. The lowest BCUT2D eigenvalue weighted by atomic mass is 9.59. The zero-order valence-corrected chi connectivity index (χ0v) is 17.6. The maximum absolute atomic E-state index is 12.9. The number of rotatable bonds is 3. The molecule has 1 unspecified atom stereocenters. The number of benzene rings is 1. The Morgan fingerprint density at radius 1 is 1.13 bits per heavy atom. The highest BCUT2D eigenvalue weighted by molar-refractivity contribution is 5.48. The molecule has 0 saturated heterocycles. The summed E-state index contributed by atoms with van der Waals surface area (Å²) in [7, 11) is 0. The zero-order valence-electron chi connectivity index (χ0n) is 17.6. The van der Waals surface area contributed by atoms with Crippen LogP contribution in [0.25, 0.3) is 0 Å². The van der Waals surface area contributed by atoms with Gasteiger partial charge in [0.25, 0.3) is 0 Å². The monoisotopic (exact) mass is 419 g/mol. The average molecular weight is 419 g/mol. The van der Waals surface area contributed by atoms with Crippen molar-refractivity contribution in [2.24, 2.45) is 5.41 Å². The summed E-state index contributed by atoms with van der Waals surface area (Å²) in [5.74, 6) is 0.0320. The van der Waals surface area contributed by atoms with E-state index in [0.717, 1.165) is 53.9 Å². The fourth-order valence-corrected chi connectivity index (χ4v) is 5.20. The lowest BCUT2D eigenvalue weighted by molar-refractivity contribution is -0.137. The van der Waals surface area contributed by atoms with Crippen LogP contribution in [-0.4, -0.2) is 15.2 Å². The lowest BCUT2D eigenvalue weighted by Crippen LogP contribution is -2.38. The third-order valence-electron chi connectivity index (χ3n) is 6.94. The van der Waals surface area contributed by atoms with Crippen molar-refractivity contribution in [3.05, 3.63) is 63.5 Å². The predicted molar refractivity (Wildman–Crippen MR) is 108 cm³/mol. The van der Waals surface area contributed by atoms with Crippen molar-refractivity contribution in [2.45, 2.75) is 77.2 Å². The molecule has 1 heterocycles. The molecule has 1 spiro atoms. The van der Waals surface area contributed by atoms with Gasteiger partial charge in [-0.1, -0.05) is 32.4 Å². The van der Waals surface area contributed by atoms with Crippen molar-refractivity contribution in [3.63, 3.8) is 0 Å². The van der Waals surface area contributed by atoms with E-state index in [1.165, 1.54) is 18.6 Å². The van der Waals surface area contributed by atoms with E-state index in [1.54, 1.807) is 0 Å².